The van der Waals surface area contributed by atoms with Gasteiger partial charge in [0.15, 0.2) is 0 Å². The Morgan fingerprint density at radius 2 is 2.05 bits per heavy atom. The SMILES string of the molecule is CNc1ccccc1C(=O)NCCN1CCSCC1. The van der Waals surface area contributed by atoms with Crippen LogP contribution in [0, 0.1) is 0 Å². The average molecular weight is 279 g/mol. The number of carbonyl (C=O) groups is 1. The molecule has 0 atom stereocenters. The maximum atomic E-state index is 12.1. The quantitative estimate of drug-likeness (QED) is 0.857. The van der Waals surface area contributed by atoms with Gasteiger partial charge in [0, 0.05) is 50.4 Å². The van der Waals surface area contributed by atoms with Crippen molar-refractivity contribution in [3.05, 3.63) is 29.8 Å². The van der Waals surface area contributed by atoms with Gasteiger partial charge in [0.2, 0.25) is 0 Å². The van der Waals surface area contributed by atoms with E-state index >= 15 is 0 Å². The molecule has 1 fully saturated rings. The van der Waals surface area contributed by atoms with E-state index in [0.29, 0.717) is 12.1 Å². The van der Waals surface area contributed by atoms with Crippen molar-refractivity contribution in [2.45, 2.75) is 0 Å². The first-order valence-electron chi connectivity index (χ1n) is 6.66. The van der Waals surface area contributed by atoms with Crippen molar-refractivity contribution in [1.82, 2.24) is 10.2 Å². The molecule has 0 bridgehead atoms. The Labute approximate surface area is 118 Å². The third-order valence-electron chi connectivity index (χ3n) is 3.26. The summed E-state index contributed by atoms with van der Waals surface area (Å²) in [5.41, 5.74) is 1.58. The number of benzene rings is 1. The molecule has 1 aliphatic heterocycles. The number of nitrogens with one attached hydrogen (secondary N) is 2. The number of hydrogen-bond acceptors (Lipinski definition) is 4. The second kappa shape index (κ2) is 7.40. The van der Waals surface area contributed by atoms with E-state index in [4.69, 9.17) is 0 Å². The normalized spacial score (nSPS) is 16.1. The van der Waals surface area contributed by atoms with Crippen molar-refractivity contribution in [2.24, 2.45) is 0 Å². The molecule has 1 amide bonds. The van der Waals surface area contributed by atoms with Gasteiger partial charge < -0.3 is 10.6 Å². The predicted octanol–water partition coefficient (Wildman–Crippen LogP) is 1.51. The van der Waals surface area contributed by atoms with E-state index < -0.39 is 0 Å². The van der Waals surface area contributed by atoms with Crippen molar-refractivity contribution < 1.29 is 4.79 Å². The fourth-order valence-corrected chi connectivity index (χ4v) is 3.13. The lowest BCUT2D eigenvalue weighted by molar-refractivity contribution is 0.0949. The molecule has 0 saturated carbocycles. The Bertz CT molecular complexity index is 419. The number of anilines is 1. The predicted molar refractivity (Wildman–Crippen MR) is 82.1 cm³/mol. The molecule has 1 aliphatic rings. The Morgan fingerprint density at radius 3 is 2.79 bits per heavy atom. The van der Waals surface area contributed by atoms with Crippen LogP contribution in [0.5, 0.6) is 0 Å². The highest BCUT2D eigenvalue weighted by molar-refractivity contribution is 7.99. The minimum Gasteiger partial charge on any atom is -0.387 e. The van der Waals surface area contributed by atoms with Crippen molar-refractivity contribution in [3.63, 3.8) is 0 Å². The highest BCUT2D eigenvalue weighted by Gasteiger charge is 2.12. The van der Waals surface area contributed by atoms with Gasteiger partial charge in [0.25, 0.3) is 5.91 Å². The molecule has 19 heavy (non-hydrogen) atoms. The summed E-state index contributed by atoms with van der Waals surface area (Å²) in [6, 6.07) is 7.57. The topological polar surface area (TPSA) is 44.4 Å². The monoisotopic (exact) mass is 279 g/mol. The van der Waals surface area contributed by atoms with Gasteiger partial charge in [-0.2, -0.15) is 11.8 Å². The van der Waals surface area contributed by atoms with Crippen LogP contribution in [0.25, 0.3) is 0 Å². The zero-order valence-electron chi connectivity index (χ0n) is 11.3. The lowest BCUT2D eigenvalue weighted by Gasteiger charge is -2.26. The maximum absolute atomic E-state index is 12.1. The van der Waals surface area contributed by atoms with Gasteiger partial charge >= 0.3 is 0 Å². The molecular weight excluding hydrogens is 258 g/mol. The van der Waals surface area contributed by atoms with E-state index in [1.165, 1.54) is 11.5 Å². The summed E-state index contributed by atoms with van der Waals surface area (Å²) in [5.74, 6) is 2.41. The van der Waals surface area contributed by atoms with Crippen LogP contribution in [-0.4, -0.2) is 55.5 Å². The molecule has 0 radical (unpaired) electrons. The minimum atomic E-state index is -0.00339. The molecular formula is C14H21N3OS. The number of para-hydroxylation sites is 1. The fourth-order valence-electron chi connectivity index (χ4n) is 2.15. The molecule has 1 aromatic rings. The fraction of sp³-hybridized carbons (Fsp3) is 0.500. The van der Waals surface area contributed by atoms with Gasteiger partial charge in [-0.05, 0) is 12.1 Å². The molecule has 5 heteroatoms. The van der Waals surface area contributed by atoms with Crippen LogP contribution in [0.15, 0.2) is 24.3 Å². The molecule has 0 spiro atoms. The highest BCUT2D eigenvalue weighted by atomic mass is 32.2. The zero-order valence-corrected chi connectivity index (χ0v) is 12.1. The summed E-state index contributed by atoms with van der Waals surface area (Å²) in [6.45, 7) is 3.91. The summed E-state index contributed by atoms with van der Waals surface area (Å²) in [6.07, 6.45) is 0. The Morgan fingerprint density at radius 1 is 1.32 bits per heavy atom. The lowest BCUT2D eigenvalue weighted by Crippen LogP contribution is -2.39. The van der Waals surface area contributed by atoms with Crippen molar-refractivity contribution >= 4 is 23.4 Å². The summed E-state index contributed by atoms with van der Waals surface area (Å²) >= 11 is 2.00. The third-order valence-corrected chi connectivity index (χ3v) is 4.20. The first-order valence-corrected chi connectivity index (χ1v) is 7.82. The molecule has 1 saturated heterocycles. The number of hydrogen-bond donors (Lipinski definition) is 2. The molecule has 0 aromatic heterocycles. The number of nitrogens with zero attached hydrogens (tertiary/aromatic N) is 1. The number of rotatable bonds is 5. The first-order chi connectivity index (χ1) is 9.31. The summed E-state index contributed by atoms with van der Waals surface area (Å²) in [7, 11) is 1.83. The van der Waals surface area contributed by atoms with Crippen molar-refractivity contribution in [3.8, 4) is 0 Å². The van der Waals surface area contributed by atoms with Gasteiger partial charge in [-0.15, -0.1) is 0 Å². The molecule has 1 heterocycles. The van der Waals surface area contributed by atoms with Gasteiger partial charge in [-0.25, -0.2) is 0 Å². The van der Waals surface area contributed by atoms with Crippen LogP contribution in [0.1, 0.15) is 10.4 Å². The maximum Gasteiger partial charge on any atom is 0.253 e. The standard InChI is InChI=1S/C14H21N3OS/c1-15-13-5-3-2-4-12(13)14(18)16-6-7-17-8-10-19-11-9-17/h2-5,15H,6-11H2,1H3,(H,16,18). The van der Waals surface area contributed by atoms with Gasteiger partial charge in [0.05, 0.1) is 5.56 Å². The smallest absolute Gasteiger partial charge is 0.253 e. The van der Waals surface area contributed by atoms with Crippen molar-refractivity contribution in [2.75, 3.05) is 50.0 Å². The van der Waals surface area contributed by atoms with Crippen LogP contribution in [0.3, 0.4) is 0 Å². The molecule has 4 nitrogen and oxygen atoms in total. The number of thioether (sulfide) groups is 1. The van der Waals surface area contributed by atoms with E-state index in [1.807, 2.05) is 43.1 Å². The summed E-state index contributed by atoms with van der Waals surface area (Å²) in [5, 5.41) is 6.04. The Hall–Kier alpha value is -1.20. The third kappa shape index (κ3) is 4.14. The molecule has 2 rings (SSSR count). The van der Waals surface area contributed by atoms with Gasteiger partial charge in [-0.3, -0.25) is 9.69 Å². The van der Waals surface area contributed by atoms with Crippen LogP contribution in [0.4, 0.5) is 5.69 Å². The largest absolute Gasteiger partial charge is 0.387 e. The van der Waals surface area contributed by atoms with Crippen LogP contribution < -0.4 is 10.6 Å². The van der Waals surface area contributed by atoms with Crippen LogP contribution >= 0.6 is 11.8 Å². The number of amides is 1. The number of carbonyl (C=O) groups excluding carboxylic acids is 1. The average Bonchev–Trinajstić information content (AvgIpc) is 2.48. The molecule has 2 N–H and O–H groups in total. The zero-order chi connectivity index (χ0) is 13.5. The highest BCUT2D eigenvalue weighted by Crippen LogP contribution is 2.13. The van der Waals surface area contributed by atoms with E-state index in [9.17, 15) is 4.79 Å². The first kappa shape index (κ1) is 14.2. The van der Waals surface area contributed by atoms with E-state index in [1.54, 1.807) is 0 Å². The Balaban J connectivity index is 1.80. The molecule has 0 aliphatic carbocycles. The van der Waals surface area contributed by atoms with E-state index in [0.717, 1.165) is 25.3 Å². The van der Waals surface area contributed by atoms with Gasteiger partial charge in [-0.1, -0.05) is 12.1 Å². The van der Waals surface area contributed by atoms with Crippen LogP contribution in [0.2, 0.25) is 0 Å². The molecule has 1 aromatic carbocycles. The lowest BCUT2D eigenvalue weighted by atomic mass is 10.1. The Kier molecular flexibility index (Phi) is 5.54. The van der Waals surface area contributed by atoms with Crippen molar-refractivity contribution in [1.29, 1.82) is 0 Å². The van der Waals surface area contributed by atoms with Gasteiger partial charge in [0.1, 0.15) is 0 Å². The summed E-state index contributed by atoms with van der Waals surface area (Å²) in [4.78, 5) is 14.5. The minimum absolute atomic E-state index is 0.00339. The van der Waals surface area contributed by atoms with E-state index in [-0.39, 0.29) is 5.91 Å². The van der Waals surface area contributed by atoms with E-state index in [2.05, 4.69) is 15.5 Å². The summed E-state index contributed by atoms with van der Waals surface area (Å²) < 4.78 is 0. The molecule has 0 unspecified atom stereocenters. The molecule has 104 valence electrons. The van der Waals surface area contributed by atoms with Crippen LogP contribution in [-0.2, 0) is 0 Å². The second-order valence-electron chi connectivity index (χ2n) is 4.51. The second-order valence-corrected chi connectivity index (χ2v) is 5.73.